The number of likely N-dealkylation sites (tertiary alicyclic amines) is 1. The first-order chi connectivity index (χ1) is 6.02. The second-order valence-electron chi connectivity index (χ2n) is 4.10. The van der Waals surface area contributed by atoms with Gasteiger partial charge in [-0.15, -0.1) is 12.4 Å². The highest BCUT2D eigenvalue weighted by Gasteiger charge is 2.28. The first-order valence-corrected chi connectivity index (χ1v) is 4.82. The predicted octanol–water partition coefficient (Wildman–Crippen LogP) is -0.0489. The van der Waals surface area contributed by atoms with Crippen LogP contribution in [0.1, 0.15) is 20.3 Å². The van der Waals surface area contributed by atoms with E-state index in [9.17, 15) is 4.79 Å². The number of carbonyl (C=O) groups is 1. The van der Waals surface area contributed by atoms with E-state index in [0.29, 0.717) is 6.54 Å². The number of halogens is 1. The molecule has 1 aliphatic rings. The Hall–Kier alpha value is -0.320. The Balaban J connectivity index is 0.00000169. The lowest BCUT2D eigenvalue weighted by molar-refractivity contribution is -0.132. The third kappa shape index (κ3) is 3.12. The number of hydrogen-bond donors (Lipinski definition) is 2. The lowest BCUT2D eigenvalue weighted by atomic mass is 10.0. The quantitative estimate of drug-likeness (QED) is 0.687. The molecule has 1 heterocycles. The van der Waals surface area contributed by atoms with Crippen molar-refractivity contribution in [3.05, 3.63) is 0 Å². The Labute approximate surface area is 91.4 Å². The van der Waals surface area contributed by atoms with Crippen LogP contribution < -0.4 is 11.5 Å². The summed E-state index contributed by atoms with van der Waals surface area (Å²) in [5.74, 6) is 0.243. The number of amides is 1. The van der Waals surface area contributed by atoms with E-state index >= 15 is 0 Å². The molecule has 0 saturated carbocycles. The monoisotopic (exact) mass is 221 g/mol. The summed E-state index contributed by atoms with van der Waals surface area (Å²) in [6.07, 6.45) is 0.899. The third-order valence-corrected chi connectivity index (χ3v) is 2.54. The summed E-state index contributed by atoms with van der Waals surface area (Å²) in [6.45, 7) is 5.34. The van der Waals surface area contributed by atoms with Crippen molar-refractivity contribution in [2.45, 2.75) is 32.4 Å². The summed E-state index contributed by atoms with van der Waals surface area (Å²) in [6, 6.07) is -0.228. The maximum absolute atomic E-state index is 11.7. The first kappa shape index (κ1) is 13.7. The molecule has 0 aromatic carbocycles. The minimum atomic E-state index is -0.370. The molecule has 1 fully saturated rings. The van der Waals surface area contributed by atoms with E-state index in [1.807, 2.05) is 13.8 Å². The van der Waals surface area contributed by atoms with Crippen molar-refractivity contribution in [1.29, 1.82) is 0 Å². The highest BCUT2D eigenvalue weighted by molar-refractivity contribution is 5.85. The molecule has 0 aromatic heterocycles. The van der Waals surface area contributed by atoms with Gasteiger partial charge in [-0.05, 0) is 12.3 Å². The normalized spacial score (nSPS) is 23.5. The molecule has 0 aliphatic carbocycles. The van der Waals surface area contributed by atoms with Gasteiger partial charge in [0.15, 0.2) is 0 Å². The highest BCUT2D eigenvalue weighted by atomic mass is 35.5. The average molecular weight is 222 g/mol. The summed E-state index contributed by atoms with van der Waals surface area (Å²) >= 11 is 0. The minimum absolute atomic E-state index is 0. The van der Waals surface area contributed by atoms with Gasteiger partial charge < -0.3 is 16.4 Å². The predicted molar refractivity (Wildman–Crippen MR) is 59.2 cm³/mol. The van der Waals surface area contributed by atoms with E-state index in [-0.39, 0.29) is 36.3 Å². The molecule has 2 atom stereocenters. The van der Waals surface area contributed by atoms with E-state index in [1.165, 1.54) is 0 Å². The summed E-state index contributed by atoms with van der Waals surface area (Å²) < 4.78 is 0. The van der Waals surface area contributed by atoms with Crippen molar-refractivity contribution < 1.29 is 4.79 Å². The topological polar surface area (TPSA) is 72.4 Å². The van der Waals surface area contributed by atoms with Gasteiger partial charge in [-0.25, -0.2) is 0 Å². The molecule has 14 heavy (non-hydrogen) atoms. The fourth-order valence-corrected chi connectivity index (χ4v) is 1.48. The molecule has 1 unspecified atom stereocenters. The van der Waals surface area contributed by atoms with Crippen molar-refractivity contribution in [2.24, 2.45) is 17.4 Å². The van der Waals surface area contributed by atoms with Gasteiger partial charge in [-0.3, -0.25) is 4.79 Å². The second-order valence-corrected chi connectivity index (χ2v) is 4.10. The minimum Gasteiger partial charge on any atom is -0.340 e. The second kappa shape index (κ2) is 5.53. The molecule has 1 aliphatic heterocycles. The molecular weight excluding hydrogens is 202 g/mol. The Morgan fingerprint density at radius 3 is 2.43 bits per heavy atom. The SMILES string of the molecule is CC(C)C(N)C(=O)N1CC[C@@H](N)C1.Cl. The van der Waals surface area contributed by atoms with Crippen molar-refractivity contribution in [3.8, 4) is 0 Å². The molecule has 5 heteroatoms. The standard InChI is InChI=1S/C9H19N3O.ClH/c1-6(2)8(11)9(13)12-4-3-7(10)5-12;/h6-8H,3-5,10-11H2,1-2H3;1H/t7-,8?;/m1./s1. The van der Waals surface area contributed by atoms with Crippen LogP contribution in [0.25, 0.3) is 0 Å². The first-order valence-electron chi connectivity index (χ1n) is 4.82. The van der Waals surface area contributed by atoms with Crippen molar-refractivity contribution >= 4 is 18.3 Å². The van der Waals surface area contributed by atoms with E-state index < -0.39 is 0 Å². The number of carbonyl (C=O) groups excluding carboxylic acids is 1. The van der Waals surface area contributed by atoms with Gasteiger partial charge in [0.1, 0.15) is 0 Å². The molecule has 0 radical (unpaired) electrons. The van der Waals surface area contributed by atoms with E-state index in [1.54, 1.807) is 4.90 Å². The summed E-state index contributed by atoms with van der Waals surface area (Å²) in [5.41, 5.74) is 11.5. The molecule has 4 nitrogen and oxygen atoms in total. The fourth-order valence-electron chi connectivity index (χ4n) is 1.48. The maximum atomic E-state index is 11.7. The van der Waals surface area contributed by atoms with Crippen LogP contribution in [-0.4, -0.2) is 36.0 Å². The van der Waals surface area contributed by atoms with Crippen molar-refractivity contribution in [3.63, 3.8) is 0 Å². The molecule has 0 aromatic rings. The van der Waals surface area contributed by atoms with Crippen LogP contribution in [0, 0.1) is 5.92 Å². The number of rotatable bonds is 2. The third-order valence-electron chi connectivity index (χ3n) is 2.54. The molecule has 1 saturated heterocycles. The van der Waals surface area contributed by atoms with Crippen LogP contribution in [0.2, 0.25) is 0 Å². The van der Waals surface area contributed by atoms with Crippen LogP contribution in [-0.2, 0) is 4.79 Å². The number of nitrogens with two attached hydrogens (primary N) is 2. The van der Waals surface area contributed by atoms with Crippen molar-refractivity contribution in [2.75, 3.05) is 13.1 Å². The zero-order valence-electron chi connectivity index (χ0n) is 8.77. The van der Waals surface area contributed by atoms with Gasteiger partial charge in [0, 0.05) is 19.1 Å². The van der Waals surface area contributed by atoms with Gasteiger partial charge in [0.2, 0.25) is 5.91 Å². The zero-order chi connectivity index (χ0) is 10.0. The zero-order valence-corrected chi connectivity index (χ0v) is 9.59. The van der Waals surface area contributed by atoms with Gasteiger partial charge in [0.25, 0.3) is 0 Å². The van der Waals surface area contributed by atoms with Gasteiger partial charge in [-0.2, -0.15) is 0 Å². The highest BCUT2D eigenvalue weighted by Crippen LogP contribution is 2.10. The van der Waals surface area contributed by atoms with E-state index in [2.05, 4.69) is 0 Å². The Morgan fingerprint density at radius 2 is 2.07 bits per heavy atom. The van der Waals surface area contributed by atoms with Crippen LogP contribution in [0.3, 0.4) is 0 Å². The Kier molecular flexibility index (Phi) is 5.41. The lowest BCUT2D eigenvalue weighted by Gasteiger charge is -2.22. The average Bonchev–Trinajstić information content (AvgIpc) is 2.49. The molecule has 1 amide bonds. The fraction of sp³-hybridized carbons (Fsp3) is 0.889. The number of nitrogens with zero attached hydrogens (tertiary/aromatic N) is 1. The largest absolute Gasteiger partial charge is 0.340 e. The van der Waals surface area contributed by atoms with E-state index in [4.69, 9.17) is 11.5 Å². The molecule has 84 valence electrons. The van der Waals surface area contributed by atoms with Crippen LogP contribution in [0.15, 0.2) is 0 Å². The smallest absolute Gasteiger partial charge is 0.239 e. The molecule has 0 spiro atoms. The molecular formula is C9H20ClN3O. The number of hydrogen-bond acceptors (Lipinski definition) is 3. The van der Waals surface area contributed by atoms with Crippen molar-refractivity contribution in [1.82, 2.24) is 4.90 Å². The van der Waals surface area contributed by atoms with E-state index in [0.717, 1.165) is 13.0 Å². The summed E-state index contributed by atoms with van der Waals surface area (Å²) in [4.78, 5) is 13.5. The molecule has 1 rings (SSSR count). The molecule has 0 bridgehead atoms. The Bertz CT molecular complexity index is 198. The summed E-state index contributed by atoms with van der Waals surface area (Å²) in [5, 5.41) is 0. The van der Waals surface area contributed by atoms with Gasteiger partial charge in [-0.1, -0.05) is 13.8 Å². The van der Waals surface area contributed by atoms with Crippen LogP contribution >= 0.6 is 12.4 Å². The maximum Gasteiger partial charge on any atom is 0.239 e. The van der Waals surface area contributed by atoms with Crippen LogP contribution in [0.5, 0.6) is 0 Å². The van der Waals surface area contributed by atoms with Gasteiger partial charge >= 0.3 is 0 Å². The summed E-state index contributed by atoms with van der Waals surface area (Å²) in [7, 11) is 0. The van der Waals surface area contributed by atoms with Gasteiger partial charge in [0.05, 0.1) is 6.04 Å². The van der Waals surface area contributed by atoms with Crippen LogP contribution in [0.4, 0.5) is 0 Å². The lowest BCUT2D eigenvalue weighted by Crippen LogP contribution is -2.46. The molecule has 4 N–H and O–H groups in total. The Morgan fingerprint density at radius 1 is 1.50 bits per heavy atom.